The number of hydrogen-bond acceptors (Lipinski definition) is 2. The van der Waals surface area contributed by atoms with Crippen LogP contribution in [0.3, 0.4) is 0 Å². The van der Waals surface area contributed by atoms with E-state index in [9.17, 15) is 26.3 Å². The Morgan fingerprint density at radius 2 is 1.74 bits per heavy atom. The summed E-state index contributed by atoms with van der Waals surface area (Å²) in [7, 11) is 0. The SMILES string of the molecule is OC(CNc1cc(Br)ccc1C(F)(F)F)C(F)(F)F. The molecule has 0 fully saturated rings. The molecule has 0 aliphatic heterocycles. The summed E-state index contributed by atoms with van der Waals surface area (Å²) in [5.41, 5.74) is -1.64. The molecule has 0 heterocycles. The van der Waals surface area contributed by atoms with E-state index in [2.05, 4.69) is 15.9 Å². The summed E-state index contributed by atoms with van der Waals surface area (Å²) in [4.78, 5) is 0. The quantitative estimate of drug-likeness (QED) is 0.812. The molecule has 0 amide bonds. The van der Waals surface area contributed by atoms with Crippen LogP contribution in [0.4, 0.5) is 32.0 Å². The minimum Gasteiger partial charge on any atom is -0.382 e. The second-order valence-electron chi connectivity index (χ2n) is 3.63. The van der Waals surface area contributed by atoms with Crippen molar-refractivity contribution >= 4 is 21.6 Å². The van der Waals surface area contributed by atoms with Gasteiger partial charge in [-0.05, 0) is 18.2 Å². The highest BCUT2D eigenvalue weighted by molar-refractivity contribution is 9.10. The fraction of sp³-hybridized carbons (Fsp3) is 0.400. The summed E-state index contributed by atoms with van der Waals surface area (Å²) in [5, 5.41) is 10.7. The lowest BCUT2D eigenvalue weighted by molar-refractivity contribution is -0.198. The summed E-state index contributed by atoms with van der Waals surface area (Å²) in [6.07, 6.45) is -12.3. The van der Waals surface area contributed by atoms with Gasteiger partial charge in [-0.15, -0.1) is 0 Å². The first-order chi connectivity index (χ1) is 8.51. The number of anilines is 1. The number of nitrogens with one attached hydrogen (secondary N) is 1. The number of aliphatic hydroxyl groups excluding tert-OH is 1. The molecule has 1 rings (SSSR count). The van der Waals surface area contributed by atoms with Gasteiger partial charge in [-0.1, -0.05) is 15.9 Å². The van der Waals surface area contributed by atoms with Gasteiger partial charge in [0, 0.05) is 16.7 Å². The summed E-state index contributed by atoms with van der Waals surface area (Å²) in [5.74, 6) is 0. The lowest BCUT2D eigenvalue weighted by atomic mass is 10.1. The van der Waals surface area contributed by atoms with Crippen LogP contribution in [0.5, 0.6) is 0 Å². The smallest absolute Gasteiger partial charge is 0.382 e. The molecule has 9 heteroatoms. The maximum absolute atomic E-state index is 12.6. The number of aliphatic hydroxyl groups is 1. The zero-order valence-corrected chi connectivity index (χ0v) is 10.7. The van der Waals surface area contributed by atoms with Gasteiger partial charge in [-0.3, -0.25) is 0 Å². The zero-order valence-electron chi connectivity index (χ0n) is 9.11. The van der Waals surface area contributed by atoms with Crippen molar-refractivity contribution < 1.29 is 31.4 Å². The molecule has 0 aromatic heterocycles. The Hall–Kier alpha value is -0.960. The third-order valence-electron chi connectivity index (χ3n) is 2.15. The molecule has 2 N–H and O–H groups in total. The van der Waals surface area contributed by atoms with Crippen LogP contribution in [0.15, 0.2) is 22.7 Å². The molecule has 0 saturated carbocycles. The number of hydrogen-bond donors (Lipinski definition) is 2. The van der Waals surface area contributed by atoms with Crippen molar-refractivity contribution in [3.8, 4) is 0 Å². The van der Waals surface area contributed by atoms with Gasteiger partial charge in [0.2, 0.25) is 0 Å². The van der Waals surface area contributed by atoms with Crippen LogP contribution in [0.2, 0.25) is 0 Å². The second kappa shape index (κ2) is 5.58. The molecule has 19 heavy (non-hydrogen) atoms. The van der Waals surface area contributed by atoms with E-state index in [1.165, 1.54) is 0 Å². The van der Waals surface area contributed by atoms with Crippen LogP contribution >= 0.6 is 15.9 Å². The van der Waals surface area contributed by atoms with Gasteiger partial charge >= 0.3 is 12.4 Å². The Kier molecular flexibility index (Phi) is 4.72. The molecule has 2 nitrogen and oxygen atoms in total. The second-order valence-corrected chi connectivity index (χ2v) is 4.54. The van der Waals surface area contributed by atoms with Crippen molar-refractivity contribution in [3.63, 3.8) is 0 Å². The number of halogens is 7. The van der Waals surface area contributed by atoms with E-state index < -0.39 is 36.3 Å². The molecule has 0 aliphatic carbocycles. The van der Waals surface area contributed by atoms with Crippen molar-refractivity contribution in [2.75, 3.05) is 11.9 Å². The summed E-state index contributed by atoms with van der Waals surface area (Å²) in [6, 6.07) is 2.84. The summed E-state index contributed by atoms with van der Waals surface area (Å²) < 4.78 is 74.2. The van der Waals surface area contributed by atoms with Gasteiger partial charge in [0.15, 0.2) is 6.10 Å². The Balaban J connectivity index is 2.92. The van der Waals surface area contributed by atoms with Crippen molar-refractivity contribution in [1.29, 1.82) is 0 Å². The molecule has 0 bridgehead atoms. The van der Waals surface area contributed by atoms with Crippen molar-refractivity contribution in [1.82, 2.24) is 0 Å². The van der Waals surface area contributed by atoms with Crippen LogP contribution < -0.4 is 5.32 Å². The Morgan fingerprint density at radius 1 is 1.16 bits per heavy atom. The molecular formula is C10H8BrF6NO. The molecule has 1 aromatic rings. The van der Waals surface area contributed by atoms with E-state index in [1.54, 1.807) is 0 Å². The number of benzene rings is 1. The minimum absolute atomic E-state index is 0.268. The van der Waals surface area contributed by atoms with Crippen LogP contribution in [0.25, 0.3) is 0 Å². The number of alkyl halides is 6. The average Bonchev–Trinajstić information content (AvgIpc) is 2.22. The topological polar surface area (TPSA) is 32.3 Å². The zero-order chi connectivity index (χ0) is 14.8. The maximum Gasteiger partial charge on any atom is 0.418 e. The van der Waals surface area contributed by atoms with Crippen LogP contribution in [0.1, 0.15) is 5.56 Å². The normalized spacial score (nSPS) is 14.3. The maximum atomic E-state index is 12.6. The first kappa shape index (κ1) is 16.1. The van der Waals surface area contributed by atoms with Gasteiger partial charge in [-0.25, -0.2) is 0 Å². The first-order valence-corrected chi connectivity index (χ1v) is 5.66. The molecule has 1 atom stereocenters. The van der Waals surface area contributed by atoms with E-state index in [0.717, 1.165) is 18.2 Å². The summed E-state index contributed by atoms with van der Waals surface area (Å²) in [6.45, 7) is -1.07. The fourth-order valence-corrected chi connectivity index (χ4v) is 1.59. The Bertz CT molecular complexity index is 445. The predicted molar refractivity (Wildman–Crippen MR) is 59.7 cm³/mol. The molecular weight excluding hydrogens is 344 g/mol. The highest BCUT2D eigenvalue weighted by Gasteiger charge is 2.39. The molecule has 0 aliphatic rings. The van der Waals surface area contributed by atoms with Gasteiger partial charge in [0.25, 0.3) is 0 Å². The van der Waals surface area contributed by atoms with Gasteiger partial charge < -0.3 is 10.4 Å². The lowest BCUT2D eigenvalue weighted by Gasteiger charge is -2.18. The molecule has 0 saturated heterocycles. The van der Waals surface area contributed by atoms with Gasteiger partial charge in [0.05, 0.1) is 5.56 Å². The van der Waals surface area contributed by atoms with E-state index in [0.29, 0.717) is 0 Å². The first-order valence-electron chi connectivity index (χ1n) is 4.87. The third kappa shape index (κ3) is 4.57. The van der Waals surface area contributed by atoms with Crippen LogP contribution in [-0.2, 0) is 6.18 Å². The van der Waals surface area contributed by atoms with E-state index >= 15 is 0 Å². The fourth-order valence-electron chi connectivity index (χ4n) is 1.23. The van der Waals surface area contributed by atoms with E-state index in [4.69, 9.17) is 5.11 Å². The molecule has 0 radical (unpaired) electrons. The number of rotatable bonds is 3. The van der Waals surface area contributed by atoms with Crippen molar-refractivity contribution in [2.24, 2.45) is 0 Å². The van der Waals surface area contributed by atoms with Gasteiger partial charge in [0.1, 0.15) is 0 Å². The standard InChI is InChI=1S/C10H8BrF6NO/c11-5-1-2-6(9(12,13)14)7(3-5)18-4-8(19)10(15,16)17/h1-3,8,18-19H,4H2. The monoisotopic (exact) mass is 351 g/mol. The Morgan fingerprint density at radius 3 is 2.21 bits per heavy atom. The molecule has 1 aromatic carbocycles. The van der Waals surface area contributed by atoms with E-state index in [1.807, 2.05) is 5.32 Å². The van der Waals surface area contributed by atoms with Gasteiger partial charge in [-0.2, -0.15) is 26.3 Å². The highest BCUT2D eigenvalue weighted by atomic mass is 79.9. The molecule has 108 valence electrons. The largest absolute Gasteiger partial charge is 0.418 e. The van der Waals surface area contributed by atoms with Crippen molar-refractivity contribution in [3.05, 3.63) is 28.2 Å². The molecule has 0 spiro atoms. The minimum atomic E-state index is -4.89. The summed E-state index contributed by atoms with van der Waals surface area (Å²) >= 11 is 2.92. The van der Waals surface area contributed by atoms with Crippen LogP contribution in [-0.4, -0.2) is 23.9 Å². The molecule has 1 unspecified atom stereocenters. The van der Waals surface area contributed by atoms with Crippen LogP contribution in [0, 0.1) is 0 Å². The third-order valence-corrected chi connectivity index (χ3v) is 2.64. The van der Waals surface area contributed by atoms with Crippen molar-refractivity contribution in [2.45, 2.75) is 18.5 Å². The predicted octanol–water partition coefficient (Wildman–Crippen LogP) is 3.80. The highest BCUT2D eigenvalue weighted by Crippen LogP contribution is 2.36. The average molecular weight is 352 g/mol. The Labute approximate surface area is 112 Å². The van der Waals surface area contributed by atoms with E-state index in [-0.39, 0.29) is 4.47 Å². The lowest BCUT2D eigenvalue weighted by Crippen LogP contribution is -2.35.